The summed E-state index contributed by atoms with van der Waals surface area (Å²) in [5, 5.41) is 12.0. The number of amides is 2. The minimum absolute atomic E-state index is 0.0172. The van der Waals surface area contributed by atoms with E-state index in [0.717, 1.165) is 37.2 Å². The van der Waals surface area contributed by atoms with Crippen molar-refractivity contribution in [2.24, 2.45) is 5.41 Å². The number of fused-ring (bicyclic) bond motifs is 1. The van der Waals surface area contributed by atoms with Crippen LogP contribution >= 0.6 is 0 Å². The highest BCUT2D eigenvalue weighted by Crippen LogP contribution is 2.54. The Kier molecular flexibility index (Phi) is 5.96. The lowest BCUT2D eigenvalue weighted by molar-refractivity contribution is -0.117. The van der Waals surface area contributed by atoms with Crippen LogP contribution in [0.1, 0.15) is 41.6 Å². The van der Waals surface area contributed by atoms with Crippen molar-refractivity contribution in [1.82, 2.24) is 0 Å². The zero-order valence-corrected chi connectivity index (χ0v) is 20.5. The Morgan fingerprint density at radius 3 is 2.40 bits per heavy atom. The Bertz CT molecular complexity index is 1280. The third kappa shape index (κ3) is 4.85. The number of likely N-dealkylation sites (N-methyl/N-ethyl adjacent to an activating group) is 1. The molecule has 1 saturated carbocycles. The Morgan fingerprint density at radius 2 is 1.71 bits per heavy atom. The topological polar surface area (TPSA) is 119 Å². The number of carbonyl (C=O) groups is 2. The Labute approximate surface area is 205 Å². The summed E-state index contributed by atoms with van der Waals surface area (Å²) >= 11 is 0. The average Bonchev–Trinajstić information content (AvgIpc) is 3.51. The van der Waals surface area contributed by atoms with Gasteiger partial charge in [-0.2, -0.15) is 0 Å². The molecule has 2 fully saturated rings. The molecule has 0 aromatic heterocycles. The van der Waals surface area contributed by atoms with E-state index in [0.29, 0.717) is 34.5 Å². The largest absolute Gasteiger partial charge is 0.395 e. The maximum atomic E-state index is 13.4. The van der Waals surface area contributed by atoms with E-state index in [1.807, 2.05) is 6.07 Å². The quantitative estimate of drug-likeness (QED) is 0.540. The fraction of sp³-hybridized carbons (Fsp3) is 0.440. The highest BCUT2D eigenvalue weighted by atomic mass is 32.2. The summed E-state index contributed by atoms with van der Waals surface area (Å²) in [6, 6.07) is 10.3. The maximum Gasteiger partial charge on any atom is 0.257 e. The molecule has 35 heavy (non-hydrogen) atoms. The minimum Gasteiger partial charge on any atom is -0.395 e. The van der Waals surface area contributed by atoms with Gasteiger partial charge in [-0.05, 0) is 67.0 Å². The lowest BCUT2D eigenvalue weighted by Crippen LogP contribution is -2.35. The van der Waals surface area contributed by atoms with Crippen molar-refractivity contribution >= 4 is 44.6 Å². The van der Waals surface area contributed by atoms with Gasteiger partial charge in [0, 0.05) is 31.5 Å². The molecule has 9 nitrogen and oxygen atoms in total. The number of carbonyl (C=O) groups excluding carboxylic acids is 2. The van der Waals surface area contributed by atoms with Crippen molar-refractivity contribution in [3.05, 3.63) is 47.5 Å². The van der Waals surface area contributed by atoms with Gasteiger partial charge in [0.15, 0.2) is 0 Å². The second-order valence-corrected chi connectivity index (χ2v) is 11.6. The number of anilines is 4. The second kappa shape index (κ2) is 8.83. The molecule has 0 unspecified atom stereocenters. The number of sulfonamides is 1. The minimum atomic E-state index is -3.69. The molecule has 2 aliphatic heterocycles. The summed E-state index contributed by atoms with van der Waals surface area (Å²) in [6.45, 7) is 1.14. The summed E-state index contributed by atoms with van der Waals surface area (Å²) in [4.78, 5) is 29.1. The SMILES string of the molecule is CN1C(=O)Cc2ccc(NC(=O)c3ccc(NS(=O)(=O)CCO)cc3N3CCC4(CC3)CC4)cc21. The van der Waals surface area contributed by atoms with Crippen LogP contribution < -0.4 is 19.8 Å². The van der Waals surface area contributed by atoms with E-state index >= 15 is 0 Å². The fourth-order valence-corrected chi connectivity index (χ4v) is 5.84. The summed E-state index contributed by atoms with van der Waals surface area (Å²) < 4.78 is 26.9. The molecule has 2 amide bonds. The van der Waals surface area contributed by atoms with Gasteiger partial charge >= 0.3 is 0 Å². The lowest BCUT2D eigenvalue weighted by atomic mass is 9.93. The molecule has 0 bridgehead atoms. The van der Waals surface area contributed by atoms with Crippen LogP contribution in [-0.4, -0.2) is 57.8 Å². The molecule has 3 aliphatic rings. The van der Waals surface area contributed by atoms with Gasteiger partial charge in [0.2, 0.25) is 15.9 Å². The van der Waals surface area contributed by atoms with E-state index in [9.17, 15) is 18.0 Å². The highest BCUT2D eigenvalue weighted by molar-refractivity contribution is 7.92. The third-order valence-electron chi connectivity index (χ3n) is 7.42. The second-order valence-electron chi connectivity index (χ2n) is 9.79. The van der Waals surface area contributed by atoms with E-state index < -0.39 is 22.4 Å². The monoisotopic (exact) mass is 498 g/mol. The van der Waals surface area contributed by atoms with Gasteiger partial charge in [0.25, 0.3) is 5.91 Å². The molecule has 5 rings (SSSR count). The zero-order valence-electron chi connectivity index (χ0n) is 19.7. The van der Waals surface area contributed by atoms with Crippen molar-refractivity contribution in [3.8, 4) is 0 Å². The van der Waals surface area contributed by atoms with Crippen molar-refractivity contribution < 1.29 is 23.1 Å². The summed E-state index contributed by atoms with van der Waals surface area (Å²) in [5.41, 5.74) is 4.24. The van der Waals surface area contributed by atoms with Gasteiger partial charge < -0.3 is 20.2 Å². The first-order valence-electron chi connectivity index (χ1n) is 11.9. The van der Waals surface area contributed by atoms with Gasteiger partial charge in [-0.1, -0.05) is 6.07 Å². The van der Waals surface area contributed by atoms with Gasteiger partial charge in [0.1, 0.15) is 0 Å². The maximum absolute atomic E-state index is 13.4. The first-order chi connectivity index (χ1) is 16.7. The van der Waals surface area contributed by atoms with Crippen LogP contribution in [0.5, 0.6) is 0 Å². The van der Waals surface area contributed by atoms with Crippen molar-refractivity contribution in [1.29, 1.82) is 0 Å². The first kappa shape index (κ1) is 23.6. The van der Waals surface area contributed by atoms with E-state index in [4.69, 9.17) is 5.11 Å². The van der Waals surface area contributed by atoms with Gasteiger partial charge in [-0.15, -0.1) is 0 Å². The predicted molar refractivity (Wildman–Crippen MR) is 136 cm³/mol. The van der Waals surface area contributed by atoms with Gasteiger partial charge in [0.05, 0.1) is 35.7 Å². The summed E-state index contributed by atoms with van der Waals surface area (Å²) in [6.07, 6.45) is 4.97. The number of hydrogen-bond acceptors (Lipinski definition) is 6. The average molecular weight is 499 g/mol. The molecule has 2 heterocycles. The molecule has 1 spiro atoms. The molecular weight excluding hydrogens is 468 g/mol. The molecule has 2 aromatic rings. The summed E-state index contributed by atoms with van der Waals surface area (Å²) in [7, 11) is -1.97. The van der Waals surface area contributed by atoms with Crippen LogP contribution in [0, 0.1) is 5.41 Å². The molecule has 186 valence electrons. The van der Waals surface area contributed by atoms with E-state index in [1.54, 1.807) is 42.3 Å². The number of hydrogen-bond donors (Lipinski definition) is 3. The predicted octanol–water partition coefficient (Wildman–Crippen LogP) is 2.57. The van der Waals surface area contributed by atoms with Crippen LogP contribution in [0.25, 0.3) is 0 Å². The molecule has 10 heteroatoms. The Balaban J connectivity index is 1.42. The van der Waals surface area contributed by atoms with Crippen LogP contribution in [0.4, 0.5) is 22.7 Å². The molecule has 3 N–H and O–H groups in total. The highest BCUT2D eigenvalue weighted by Gasteiger charge is 2.44. The normalized spacial score (nSPS) is 18.5. The number of benzene rings is 2. The van der Waals surface area contributed by atoms with E-state index in [-0.39, 0.29) is 11.8 Å². The van der Waals surface area contributed by atoms with Crippen LogP contribution in [0.2, 0.25) is 0 Å². The van der Waals surface area contributed by atoms with Crippen LogP contribution in [-0.2, 0) is 21.2 Å². The Hall–Kier alpha value is -3.11. The number of aliphatic hydroxyl groups excluding tert-OH is 1. The smallest absolute Gasteiger partial charge is 0.257 e. The third-order valence-corrected chi connectivity index (χ3v) is 8.68. The molecule has 0 radical (unpaired) electrons. The van der Waals surface area contributed by atoms with Crippen LogP contribution in [0.15, 0.2) is 36.4 Å². The Morgan fingerprint density at radius 1 is 1.03 bits per heavy atom. The van der Waals surface area contributed by atoms with Crippen LogP contribution in [0.3, 0.4) is 0 Å². The lowest BCUT2D eigenvalue weighted by Gasteiger charge is -2.35. The number of rotatable bonds is 7. The van der Waals surface area contributed by atoms with Crippen molar-refractivity contribution in [3.63, 3.8) is 0 Å². The number of piperidine rings is 1. The molecular formula is C25H30N4O5S. The number of nitrogens with zero attached hydrogens (tertiary/aromatic N) is 2. The van der Waals surface area contributed by atoms with Crippen molar-refractivity contribution in [2.45, 2.75) is 32.1 Å². The van der Waals surface area contributed by atoms with Crippen molar-refractivity contribution in [2.75, 3.05) is 52.3 Å². The molecule has 0 atom stereocenters. The standard InChI is InChI=1S/C25H30N4O5S/c1-28-21-15-18(3-2-17(21)14-23(28)31)26-24(32)20-5-4-19(27-35(33,34)13-12-30)16-22(20)29-10-8-25(6-7-25)9-11-29/h2-5,15-16,27,30H,6-14H2,1H3,(H,26,32). The zero-order chi connectivity index (χ0) is 24.8. The molecule has 2 aromatic carbocycles. The molecule has 1 saturated heterocycles. The first-order valence-corrected chi connectivity index (χ1v) is 13.6. The summed E-state index contributed by atoms with van der Waals surface area (Å²) in [5.74, 6) is -0.682. The number of nitrogens with one attached hydrogen (secondary N) is 2. The fourth-order valence-electron chi connectivity index (χ4n) is 5.02. The van der Waals surface area contributed by atoms with Gasteiger partial charge in [-0.25, -0.2) is 8.42 Å². The van der Waals surface area contributed by atoms with E-state index in [2.05, 4.69) is 14.9 Å². The molecule has 1 aliphatic carbocycles. The number of aliphatic hydroxyl groups is 1. The van der Waals surface area contributed by atoms with E-state index in [1.165, 1.54) is 12.8 Å². The van der Waals surface area contributed by atoms with Gasteiger partial charge in [-0.3, -0.25) is 14.3 Å².